The van der Waals surface area contributed by atoms with E-state index < -0.39 is 10.3 Å². The summed E-state index contributed by atoms with van der Waals surface area (Å²) in [5.41, 5.74) is 5.66. The number of hydrogen-bond donors (Lipinski definition) is 2. The van der Waals surface area contributed by atoms with Crippen LogP contribution in [0.3, 0.4) is 0 Å². The van der Waals surface area contributed by atoms with Crippen LogP contribution in [0.25, 0.3) is 0 Å². The number of carbonyl (C=O) groups excluding carboxylic acids is 1. The lowest BCUT2D eigenvalue weighted by atomic mass is 9.81. The maximum Gasteiger partial charge on any atom is 0.270 e. The SMILES string of the molecule is CCC(CC)(CN)C(=O)NCc1cc([N+](=O)[O-])ccc1OC.Cl. The molecule has 0 saturated heterocycles. The number of nitro groups is 1. The molecule has 0 saturated carbocycles. The van der Waals surface area contributed by atoms with Gasteiger partial charge in [0.2, 0.25) is 5.91 Å². The number of halogens is 1. The number of non-ortho nitro benzene ring substituents is 1. The minimum atomic E-state index is -0.603. The van der Waals surface area contributed by atoms with Crippen LogP contribution in [0.1, 0.15) is 32.3 Å². The van der Waals surface area contributed by atoms with Gasteiger partial charge in [0.1, 0.15) is 5.75 Å². The molecule has 1 amide bonds. The summed E-state index contributed by atoms with van der Waals surface area (Å²) >= 11 is 0. The molecule has 8 heteroatoms. The zero-order valence-corrected chi connectivity index (χ0v) is 14.4. The topological polar surface area (TPSA) is 107 Å². The fourth-order valence-electron chi connectivity index (χ4n) is 2.33. The van der Waals surface area contributed by atoms with Crippen molar-refractivity contribution in [2.24, 2.45) is 11.1 Å². The van der Waals surface area contributed by atoms with Crippen molar-refractivity contribution < 1.29 is 14.5 Å². The quantitative estimate of drug-likeness (QED) is 0.555. The van der Waals surface area contributed by atoms with Crippen LogP contribution < -0.4 is 15.8 Å². The Morgan fingerprint density at radius 1 is 1.39 bits per heavy atom. The van der Waals surface area contributed by atoms with Crippen molar-refractivity contribution in [1.29, 1.82) is 0 Å². The van der Waals surface area contributed by atoms with Crippen molar-refractivity contribution in [3.8, 4) is 5.75 Å². The van der Waals surface area contributed by atoms with E-state index in [-0.39, 0.29) is 37.1 Å². The summed E-state index contributed by atoms with van der Waals surface area (Å²) in [5.74, 6) is 0.353. The van der Waals surface area contributed by atoms with Gasteiger partial charge in [-0.15, -0.1) is 12.4 Å². The molecule has 0 radical (unpaired) electrons. The van der Waals surface area contributed by atoms with Crippen LogP contribution >= 0.6 is 12.4 Å². The van der Waals surface area contributed by atoms with E-state index in [4.69, 9.17) is 10.5 Å². The molecule has 3 N–H and O–H groups in total. The van der Waals surface area contributed by atoms with Crippen molar-refractivity contribution in [3.05, 3.63) is 33.9 Å². The van der Waals surface area contributed by atoms with Gasteiger partial charge in [-0.25, -0.2) is 0 Å². The first-order valence-corrected chi connectivity index (χ1v) is 7.23. The van der Waals surface area contributed by atoms with E-state index in [1.54, 1.807) is 0 Å². The monoisotopic (exact) mass is 345 g/mol. The number of nitrogens with two attached hydrogens (primary N) is 1. The second-order valence-electron chi connectivity index (χ2n) is 5.13. The first kappa shape index (κ1) is 21.1. The molecule has 0 aliphatic heterocycles. The Morgan fingerprint density at radius 2 is 2.00 bits per heavy atom. The van der Waals surface area contributed by atoms with Gasteiger partial charge in [-0.05, 0) is 18.9 Å². The summed E-state index contributed by atoms with van der Waals surface area (Å²) in [4.78, 5) is 22.8. The first-order valence-electron chi connectivity index (χ1n) is 7.23. The van der Waals surface area contributed by atoms with E-state index in [2.05, 4.69) is 5.32 Å². The van der Waals surface area contributed by atoms with Crippen LogP contribution in [0.15, 0.2) is 18.2 Å². The van der Waals surface area contributed by atoms with Crippen LogP contribution in [0.5, 0.6) is 5.75 Å². The summed E-state index contributed by atoms with van der Waals surface area (Å²) < 4.78 is 5.18. The fourth-order valence-corrected chi connectivity index (χ4v) is 2.33. The van der Waals surface area contributed by atoms with Crippen molar-refractivity contribution in [1.82, 2.24) is 5.32 Å². The predicted octanol–water partition coefficient (Wildman–Crippen LogP) is 2.41. The minimum Gasteiger partial charge on any atom is -0.496 e. The third-order valence-corrected chi connectivity index (χ3v) is 4.14. The number of nitro benzene ring substituents is 1. The molecule has 130 valence electrons. The molecular weight excluding hydrogens is 322 g/mol. The van der Waals surface area contributed by atoms with E-state index in [0.717, 1.165) is 0 Å². The Hall–Kier alpha value is -1.86. The van der Waals surface area contributed by atoms with Crippen LogP contribution in [0, 0.1) is 15.5 Å². The summed E-state index contributed by atoms with van der Waals surface area (Å²) in [6, 6.07) is 4.29. The zero-order valence-electron chi connectivity index (χ0n) is 13.6. The molecule has 23 heavy (non-hydrogen) atoms. The highest BCUT2D eigenvalue weighted by atomic mass is 35.5. The van der Waals surface area contributed by atoms with Crippen molar-refractivity contribution >= 4 is 24.0 Å². The molecule has 7 nitrogen and oxygen atoms in total. The highest BCUT2D eigenvalue weighted by Crippen LogP contribution is 2.27. The number of rotatable bonds is 8. The molecule has 0 aliphatic rings. The van der Waals surface area contributed by atoms with E-state index in [1.807, 2.05) is 13.8 Å². The third kappa shape index (κ3) is 4.80. The number of nitrogens with one attached hydrogen (secondary N) is 1. The smallest absolute Gasteiger partial charge is 0.270 e. The molecule has 1 rings (SSSR count). The summed E-state index contributed by atoms with van der Waals surface area (Å²) in [6.45, 7) is 4.26. The molecule has 0 aromatic heterocycles. The molecular formula is C15H24ClN3O4. The number of hydrogen-bond acceptors (Lipinski definition) is 5. The van der Waals surface area contributed by atoms with Crippen LogP contribution in [0.4, 0.5) is 5.69 Å². The first-order chi connectivity index (χ1) is 10.4. The largest absolute Gasteiger partial charge is 0.496 e. The van der Waals surface area contributed by atoms with Gasteiger partial charge >= 0.3 is 0 Å². The molecule has 0 heterocycles. The lowest BCUT2D eigenvalue weighted by Gasteiger charge is -2.28. The van der Waals surface area contributed by atoms with E-state index >= 15 is 0 Å². The fraction of sp³-hybridized carbons (Fsp3) is 0.533. The average molecular weight is 346 g/mol. The number of methoxy groups -OCH3 is 1. The lowest BCUT2D eigenvalue weighted by molar-refractivity contribution is -0.384. The molecule has 1 aromatic rings. The number of benzene rings is 1. The van der Waals surface area contributed by atoms with Gasteiger partial charge in [0.15, 0.2) is 0 Å². The summed E-state index contributed by atoms with van der Waals surface area (Å²) in [5, 5.41) is 13.7. The number of amides is 1. The van der Waals surface area contributed by atoms with Gasteiger partial charge in [-0.3, -0.25) is 14.9 Å². The van der Waals surface area contributed by atoms with Crippen LogP contribution in [-0.4, -0.2) is 24.5 Å². The Labute approximate surface area is 142 Å². The molecule has 1 aromatic carbocycles. The van der Waals surface area contributed by atoms with Gasteiger partial charge in [0.25, 0.3) is 5.69 Å². The Morgan fingerprint density at radius 3 is 2.43 bits per heavy atom. The highest BCUT2D eigenvalue weighted by molar-refractivity contribution is 5.85. The van der Waals surface area contributed by atoms with Gasteiger partial charge < -0.3 is 15.8 Å². The van der Waals surface area contributed by atoms with Gasteiger partial charge in [-0.1, -0.05) is 13.8 Å². The maximum absolute atomic E-state index is 12.4. The van der Waals surface area contributed by atoms with Crippen LogP contribution in [-0.2, 0) is 11.3 Å². The predicted molar refractivity (Wildman–Crippen MR) is 90.8 cm³/mol. The Kier molecular flexibility index (Phi) is 8.56. The maximum atomic E-state index is 12.4. The summed E-state index contributed by atoms with van der Waals surface area (Å²) in [6.07, 6.45) is 1.27. The second kappa shape index (κ2) is 9.32. The molecule has 0 spiro atoms. The molecule has 0 atom stereocenters. The van der Waals surface area contributed by atoms with Crippen molar-refractivity contribution in [3.63, 3.8) is 0 Å². The number of carbonyl (C=O) groups is 1. The third-order valence-electron chi connectivity index (χ3n) is 4.14. The van der Waals surface area contributed by atoms with Crippen molar-refractivity contribution in [2.75, 3.05) is 13.7 Å². The average Bonchev–Trinajstić information content (AvgIpc) is 2.54. The Bertz CT molecular complexity index is 539. The molecule has 0 fully saturated rings. The van der Waals surface area contributed by atoms with E-state index in [1.165, 1.54) is 25.3 Å². The second-order valence-corrected chi connectivity index (χ2v) is 5.13. The van der Waals surface area contributed by atoms with Gasteiger partial charge in [0.05, 0.1) is 17.4 Å². The minimum absolute atomic E-state index is 0. The van der Waals surface area contributed by atoms with Gasteiger partial charge in [-0.2, -0.15) is 0 Å². The highest BCUT2D eigenvalue weighted by Gasteiger charge is 2.33. The van der Waals surface area contributed by atoms with Gasteiger partial charge in [0, 0.05) is 30.8 Å². The van der Waals surface area contributed by atoms with Crippen LogP contribution in [0.2, 0.25) is 0 Å². The molecule has 0 unspecified atom stereocenters. The standard InChI is InChI=1S/C15H23N3O4.ClH/c1-4-15(5-2,10-16)14(19)17-9-11-8-12(18(20)21)6-7-13(11)22-3;/h6-8H,4-5,9-10,16H2,1-3H3,(H,17,19);1H. The lowest BCUT2D eigenvalue weighted by Crippen LogP contribution is -2.45. The summed E-state index contributed by atoms with van der Waals surface area (Å²) in [7, 11) is 1.48. The number of nitrogens with zero attached hydrogens (tertiary/aromatic N) is 1. The normalized spacial score (nSPS) is 10.6. The number of ether oxygens (including phenoxy) is 1. The zero-order chi connectivity index (χ0) is 16.8. The Balaban J connectivity index is 0.00000484. The molecule has 0 aliphatic carbocycles. The molecule has 0 bridgehead atoms. The van der Waals surface area contributed by atoms with E-state index in [0.29, 0.717) is 24.2 Å². The van der Waals surface area contributed by atoms with Crippen molar-refractivity contribution in [2.45, 2.75) is 33.2 Å². The van der Waals surface area contributed by atoms with E-state index in [9.17, 15) is 14.9 Å².